The molecule has 0 atom stereocenters. The molecule has 0 aromatic carbocycles. The number of nitrogens with zero attached hydrogens (tertiary/aromatic N) is 2. The van der Waals surface area contributed by atoms with E-state index in [1.807, 2.05) is 7.05 Å². The quantitative estimate of drug-likeness (QED) is 0.523. The minimum absolute atomic E-state index is 0.00595. The number of hydrogen-bond donors (Lipinski definition) is 0. The van der Waals surface area contributed by atoms with Gasteiger partial charge in [0.1, 0.15) is 0 Å². The standard InChI is InChI=1S/C10H18N2O/c1-8-9(13)11(5)6-7-12(8)10(2,3)4/h1,6-7H2,2-5H3. The molecule has 0 saturated carbocycles. The molecule has 74 valence electrons. The molecule has 0 N–H and O–H groups in total. The average Bonchev–Trinajstić information content (AvgIpc) is 1.98. The molecule has 0 aromatic heterocycles. The summed E-state index contributed by atoms with van der Waals surface area (Å²) < 4.78 is 0. The molecule has 1 heterocycles. The molecule has 3 heteroatoms. The third-order valence-electron chi connectivity index (χ3n) is 2.39. The number of likely N-dealkylation sites (N-methyl/N-ethyl adjacent to an activating group) is 1. The van der Waals surface area contributed by atoms with Gasteiger partial charge in [0.15, 0.2) is 0 Å². The first kappa shape index (κ1) is 10.1. The van der Waals surface area contributed by atoms with Gasteiger partial charge in [0.05, 0.1) is 5.70 Å². The molecule has 0 aliphatic carbocycles. The predicted molar refractivity (Wildman–Crippen MR) is 53.2 cm³/mol. The van der Waals surface area contributed by atoms with Gasteiger partial charge in [-0.25, -0.2) is 0 Å². The molecule has 1 rings (SSSR count). The minimum Gasteiger partial charge on any atom is -0.361 e. The molecule has 13 heavy (non-hydrogen) atoms. The van der Waals surface area contributed by atoms with Crippen LogP contribution in [-0.2, 0) is 4.79 Å². The number of hydrogen-bond acceptors (Lipinski definition) is 2. The summed E-state index contributed by atoms with van der Waals surface area (Å²) in [7, 11) is 1.81. The summed E-state index contributed by atoms with van der Waals surface area (Å²) in [6.07, 6.45) is 0. The maximum Gasteiger partial charge on any atom is 0.269 e. The lowest BCUT2D eigenvalue weighted by atomic mass is 10.0. The van der Waals surface area contributed by atoms with E-state index in [0.717, 1.165) is 13.1 Å². The van der Waals surface area contributed by atoms with Crippen LogP contribution in [0.2, 0.25) is 0 Å². The van der Waals surface area contributed by atoms with E-state index < -0.39 is 0 Å². The highest BCUT2D eigenvalue weighted by Crippen LogP contribution is 2.22. The van der Waals surface area contributed by atoms with Gasteiger partial charge < -0.3 is 9.80 Å². The summed E-state index contributed by atoms with van der Waals surface area (Å²) in [5.41, 5.74) is 0.606. The molecule has 1 saturated heterocycles. The minimum atomic E-state index is -0.00595. The van der Waals surface area contributed by atoms with Crippen LogP contribution in [0.5, 0.6) is 0 Å². The van der Waals surface area contributed by atoms with Gasteiger partial charge in [0.25, 0.3) is 5.91 Å². The Balaban J connectivity index is 2.82. The van der Waals surface area contributed by atoms with Crippen molar-refractivity contribution in [2.24, 2.45) is 0 Å². The van der Waals surface area contributed by atoms with Crippen LogP contribution in [0.3, 0.4) is 0 Å². The van der Waals surface area contributed by atoms with Crippen molar-refractivity contribution in [3.05, 3.63) is 12.3 Å². The van der Waals surface area contributed by atoms with E-state index in [2.05, 4.69) is 32.3 Å². The normalized spacial score (nSPS) is 19.7. The Bertz CT molecular complexity index is 240. The van der Waals surface area contributed by atoms with Crippen LogP contribution in [0.15, 0.2) is 12.3 Å². The lowest BCUT2D eigenvalue weighted by Gasteiger charge is -2.43. The fraction of sp³-hybridized carbons (Fsp3) is 0.700. The second-order valence-electron chi connectivity index (χ2n) is 4.50. The van der Waals surface area contributed by atoms with Gasteiger partial charge in [-0.05, 0) is 20.8 Å². The predicted octanol–water partition coefficient (Wildman–Crippen LogP) is 1.07. The summed E-state index contributed by atoms with van der Waals surface area (Å²) in [6, 6.07) is 0. The summed E-state index contributed by atoms with van der Waals surface area (Å²) >= 11 is 0. The van der Waals surface area contributed by atoms with Crippen LogP contribution < -0.4 is 0 Å². The Labute approximate surface area is 80.0 Å². The topological polar surface area (TPSA) is 23.6 Å². The molecule has 0 radical (unpaired) electrons. The van der Waals surface area contributed by atoms with Crippen LogP contribution in [-0.4, -0.2) is 41.4 Å². The highest BCUT2D eigenvalue weighted by atomic mass is 16.2. The van der Waals surface area contributed by atoms with E-state index >= 15 is 0 Å². The summed E-state index contributed by atoms with van der Waals surface area (Å²) in [4.78, 5) is 15.3. The zero-order valence-corrected chi connectivity index (χ0v) is 8.92. The van der Waals surface area contributed by atoms with E-state index in [1.54, 1.807) is 4.90 Å². The van der Waals surface area contributed by atoms with Crippen molar-refractivity contribution in [1.29, 1.82) is 0 Å². The van der Waals surface area contributed by atoms with Crippen molar-refractivity contribution in [3.8, 4) is 0 Å². The third-order valence-corrected chi connectivity index (χ3v) is 2.39. The highest BCUT2D eigenvalue weighted by Gasteiger charge is 2.31. The van der Waals surface area contributed by atoms with Crippen LogP contribution in [0, 0.1) is 0 Å². The average molecular weight is 182 g/mol. The summed E-state index contributed by atoms with van der Waals surface area (Å²) in [6.45, 7) is 11.8. The SMILES string of the molecule is C=C1C(=O)N(C)CCN1C(C)(C)C. The van der Waals surface area contributed by atoms with Crippen LogP contribution >= 0.6 is 0 Å². The molecule has 1 aliphatic rings. The number of piperazine rings is 1. The molecular weight excluding hydrogens is 164 g/mol. The number of rotatable bonds is 0. The summed E-state index contributed by atoms with van der Waals surface area (Å²) in [5.74, 6) is 0.0428. The Morgan fingerprint density at radius 2 is 1.85 bits per heavy atom. The Hall–Kier alpha value is -0.990. The van der Waals surface area contributed by atoms with Crippen molar-refractivity contribution in [1.82, 2.24) is 9.80 Å². The molecule has 0 aromatic rings. The smallest absolute Gasteiger partial charge is 0.269 e. The van der Waals surface area contributed by atoms with Gasteiger partial charge in [0.2, 0.25) is 0 Å². The van der Waals surface area contributed by atoms with E-state index in [1.165, 1.54) is 0 Å². The Kier molecular flexibility index (Phi) is 2.37. The van der Waals surface area contributed by atoms with Crippen LogP contribution in [0.1, 0.15) is 20.8 Å². The number of amides is 1. The molecule has 0 unspecified atom stereocenters. The Morgan fingerprint density at radius 3 is 2.31 bits per heavy atom. The lowest BCUT2D eigenvalue weighted by molar-refractivity contribution is -0.131. The first-order chi connectivity index (χ1) is 5.84. The van der Waals surface area contributed by atoms with E-state index in [4.69, 9.17) is 0 Å². The maximum atomic E-state index is 11.6. The lowest BCUT2D eigenvalue weighted by Crippen LogP contribution is -2.53. The third kappa shape index (κ3) is 1.85. The van der Waals surface area contributed by atoms with Crippen molar-refractivity contribution < 1.29 is 4.79 Å². The Morgan fingerprint density at radius 1 is 1.31 bits per heavy atom. The van der Waals surface area contributed by atoms with Gasteiger partial charge in [-0.15, -0.1) is 0 Å². The van der Waals surface area contributed by atoms with E-state index in [0.29, 0.717) is 5.70 Å². The van der Waals surface area contributed by atoms with E-state index in [9.17, 15) is 4.79 Å². The van der Waals surface area contributed by atoms with Gasteiger partial charge in [-0.2, -0.15) is 0 Å². The van der Waals surface area contributed by atoms with Gasteiger partial charge in [-0.1, -0.05) is 6.58 Å². The molecule has 3 nitrogen and oxygen atoms in total. The van der Waals surface area contributed by atoms with Crippen LogP contribution in [0.25, 0.3) is 0 Å². The number of carbonyl (C=O) groups is 1. The monoisotopic (exact) mass is 182 g/mol. The first-order valence-corrected chi connectivity index (χ1v) is 4.56. The fourth-order valence-corrected chi connectivity index (χ4v) is 1.56. The van der Waals surface area contributed by atoms with Crippen molar-refractivity contribution >= 4 is 5.91 Å². The molecule has 0 spiro atoms. The fourth-order valence-electron chi connectivity index (χ4n) is 1.56. The molecule has 1 aliphatic heterocycles. The largest absolute Gasteiger partial charge is 0.361 e. The molecule has 1 amide bonds. The molecule has 0 bridgehead atoms. The van der Waals surface area contributed by atoms with Gasteiger partial charge in [-0.3, -0.25) is 4.79 Å². The van der Waals surface area contributed by atoms with Crippen molar-refractivity contribution in [3.63, 3.8) is 0 Å². The molecule has 1 fully saturated rings. The zero-order chi connectivity index (χ0) is 10.2. The first-order valence-electron chi connectivity index (χ1n) is 4.56. The second-order valence-corrected chi connectivity index (χ2v) is 4.50. The van der Waals surface area contributed by atoms with Gasteiger partial charge >= 0.3 is 0 Å². The second kappa shape index (κ2) is 3.05. The van der Waals surface area contributed by atoms with Crippen molar-refractivity contribution in [2.45, 2.75) is 26.3 Å². The van der Waals surface area contributed by atoms with Crippen molar-refractivity contribution in [2.75, 3.05) is 20.1 Å². The zero-order valence-electron chi connectivity index (χ0n) is 8.92. The maximum absolute atomic E-state index is 11.6. The van der Waals surface area contributed by atoms with Crippen LogP contribution in [0.4, 0.5) is 0 Å². The number of carbonyl (C=O) groups excluding carboxylic acids is 1. The summed E-state index contributed by atoms with van der Waals surface area (Å²) in [5, 5.41) is 0. The highest BCUT2D eigenvalue weighted by molar-refractivity contribution is 5.92. The van der Waals surface area contributed by atoms with E-state index in [-0.39, 0.29) is 11.4 Å². The molecular formula is C10H18N2O. The van der Waals surface area contributed by atoms with Gasteiger partial charge in [0, 0.05) is 25.7 Å².